The van der Waals surface area contributed by atoms with Gasteiger partial charge in [0.15, 0.2) is 0 Å². The second-order valence-corrected chi connectivity index (χ2v) is 7.69. The minimum absolute atomic E-state index is 0.0630. The zero-order valence-corrected chi connectivity index (χ0v) is 15.8. The number of amides is 2. The van der Waals surface area contributed by atoms with Crippen molar-refractivity contribution in [2.75, 3.05) is 19.6 Å². The summed E-state index contributed by atoms with van der Waals surface area (Å²) in [4.78, 5) is 26.8. The summed E-state index contributed by atoms with van der Waals surface area (Å²) in [7, 11) is 0. The molecule has 1 aliphatic heterocycles. The van der Waals surface area contributed by atoms with Gasteiger partial charge in [0.1, 0.15) is 0 Å². The molecule has 140 valence electrons. The van der Waals surface area contributed by atoms with Crippen LogP contribution in [0.5, 0.6) is 0 Å². The number of benzene rings is 1. The van der Waals surface area contributed by atoms with Gasteiger partial charge in [-0.25, -0.2) is 0 Å². The molecule has 4 heteroatoms. The maximum absolute atomic E-state index is 12.6. The Morgan fingerprint density at radius 3 is 2.58 bits per heavy atom. The largest absolute Gasteiger partial charge is 0.352 e. The first-order valence-corrected chi connectivity index (χ1v) is 9.99. The summed E-state index contributed by atoms with van der Waals surface area (Å²) in [6.07, 6.45) is 10.4. The number of piperidine rings is 1. The van der Waals surface area contributed by atoms with Crippen LogP contribution >= 0.6 is 0 Å². The van der Waals surface area contributed by atoms with Gasteiger partial charge in [-0.1, -0.05) is 18.6 Å². The van der Waals surface area contributed by atoms with E-state index in [2.05, 4.69) is 18.3 Å². The van der Waals surface area contributed by atoms with Crippen LogP contribution in [0.15, 0.2) is 35.9 Å². The summed E-state index contributed by atoms with van der Waals surface area (Å²) < 4.78 is 0. The van der Waals surface area contributed by atoms with Crippen molar-refractivity contribution < 1.29 is 9.59 Å². The summed E-state index contributed by atoms with van der Waals surface area (Å²) in [6, 6.07) is 7.08. The quantitative estimate of drug-likeness (QED) is 0.807. The van der Waals surface area contributed by atoms with Gasteiger partial charge in [0.05, 0.1) is 0 Å². The molecule has 0 saturated carbocycles. The zero-order valence-electron chi connectivity index (χ0n) is 15.8. The molecule has 26 heavy (non-hydrogen) atoms. The lowest BCUT2D eigenvalue weighted by atomic mass is 9.97. The van der Waals surface area contributed by atoms with E-state index in [0.717, 1.165) is 25.9 Å². The number of likely N-dealkylation sites (tertiary alicyclic amines) is 1. The van der Waals surface area contributed by atoms with Crippen LogP contribution in [-0.2, 0) is 0 Å². The van der Waals surface area contributed by atoms with E-state index in [1.807, 2.05) is 4.90 Å². The van der Waals surface area contributed by atoms with E-state index in [9.17, 15) is 9.59 Å². The fourth-order valence-electron chi connectivity index (χ4n) is 3.89. The number of carbonyl (C=O) groups excluding carboxylic acids is 2. The van der Waals surface area contributed by atoms with Crippen molar-refractivity contribution >= 4 is 11.8 Å². The SMILES string of the molecule is CC1CCCN(C(=O)c2ccc(C(=O)NCCC3=CCCCC3)cc2)C1. The Hall–Kier alpha value is -2.10. The molecule has 1 unspecified atom stereocenters. The van der Waals surface area contributed by atoms with Crippen molar-refractivity contribution in [2.24, 2.45) is 5.92 Å². The first-order valence-electron chi connectivity index (χ1n) is 9.99. The molecule has 0 radical (unpaired) electrons. The molecule has 0 bridgehead atoms. The van der Waals surface area contributed by atoms with E-state index in [1.165, 1.54) is 37.7 Å². The maximum Gasteiger partial charge on any atom is 0.253 e. The molecule has 2 amide bonds. The Balaban J connectivity index is 1.50. The molecular weight excluding hydrogens is 324 g/mol. The van der Waals surface area contributed by atoms with Crippen LogP contribution in [0.2, 0.25) is 0 Å². The Morgan fingerprint density at radius 1 is 1.12 bits per heavy atom. The van der Waals surface area contributed by atoms with E-state index < -0.39 is 0 Å². The molecule has 1 saturated heterocycles. The van der Waals surface area contributed by atoms with Crippen molar-refractivity contribution in [1.29, 1.82) is 0 Å². The number of nitrogens with one attached hydrogen (secondary N) is 1. The fraction of sp³-hybridized carbons (Fsp3) is 0.545. The third-order valence-corrected chi connectivity index (χ3v) is 5.45. The molecular formula is C22H30N2O2. The zero-order chi connectivity index (χ0) is 18.4. The highest BCUT2D eigenvalue weighted by atomic mass is 16.2. The number of hydrogen-bond acceptors (Lipinski definition) is 2. The van der Waals surface area contributed by atoms with Gasteiger partial charge in [0.25, 0.3) is 11.8 Å². The highest BCUT2D eigenvalue weighted by Gasteiger charge is 2.22. The molecule has 1 N–H and O–H groups in total. The summed E-state index contributed by atoms with van der Waals surface area (Å²) in [5.74, 6) is 0.580. The Bertz CT molecular complexity index is 663. The van der Waals surface area contributed by atoms with Gasteiger partial charge in [-0.05, 0) is 75.1 Å². The van der Waals surface area contributed by atoms with Crippen molar-refractivity contribution in [3.63, 3.8) is 0 Å². The first-order chi connectivity index (χ1) is 12.6. The molecule has 4 nitrogen and oxygen atoms in total. The molecule has 0 spiro atoms. The van der Waals surface area contributed by atoms with Crippen LogP contribution in [0.3, 0.4) is 0 Å². The molecule has 1 heterocycles. The average Bonchev–Trinajstić information content (AvgIpc) is 2.68. The van der Waals surface area contributed by atoms with Crippen LogP contribution in [0.4, 0.5) is 0 Å². The highest BCUT2D eigenvalue weighted by Crippen LogP contribution is 2.20. The molecule has 1 atom stereocenters. The summed E-state index contributed by atoms with van der Waals surface area (Å²) in [6.45, 7) is 4.53. The number of hydrogen-bond donors (Lipinski definition) is 1. The molecule has 1 aromatic rings. The monoisotopic (exact) mass is 354 g/mol. The Morgan fingerprint density at radius 2 is 1.88 bits per heavy atom. The number of rotatable bonds is 5. The van der Waals surface area contributed by atoms with E-state index in [1.54, 1.807) is 24.3 Å². The normalized spacial score (nSPS) is 20.4. The van der Waals surface area contributed by atoms with E-state index >= 15 is 0 Å². The summed E-state index contributed by atoms with van der Waals surface area (Å²) >= 11 is 0. The van der Waals surface area contributed by atoms with Gasteiger partial charge >= 0.3 is 0 Å². The number of nitrogens with zero attached hydrogens (tertiary/aromatic N) is 1. The maximum atomic E-state index is 12.6. The van der Waals surface area contributed by atoms with Gasteiger partial charge in [0, 0.05) is 30.8 Å². The van der Waals surface area contributed by atoms with Gasteiger partial charge < -0.3 is 10.2 Å². The van der Waals surface area contributed by atoms with E-state index in [4.69, 9.17) is 0 Å². The van der Waals surface area contributed by atoms with Gasteiger partial charge in [-0.2, -0.15) is 0 Å². The summed E-state index contributed by atoms with van der Waals surface area (Å²) in [5, 5.41) is 2.99. The molecule has 1 fully saturated rings. The van der Waals surface area contributed by atoms with Gasteiger partial charge in [0.2, 0.25) is 0 Å². The molecule has 1 aliphatic carbocycles. The van der Waals surface area contributed by atoms with Crippen LogP contribution in [-0.4, -0.2) is 36.3 Å². The first kappa shape index (κ1) is 18.7. The molecule has 3 rings (SSSR count). The standard InChI is InChI=1S/C22H30N2O2/c1-17-6-5-15-24(16-17)22(26)20-11-9-19(10-12-20)21(25)23-14-13-18-7-3-2-4-8-18/h7,9-12,17H,2-6,8,13-16H2,1H3,(H,23,25). The average molecular weight is 354 g/mol. The highest BCUT2D eigenvalue weighted by molar-refractivity contribution is 5.97. The van der Waals surface area contributed by atoms with Gasteiger partial charge in [-0.3, -0.25) is 9.59 Å². The van der Waals surface area contributed by atoms with Crippen LogP contribution in [0, 0.1) is 5.92 Å². The van der Waals surface area contributed by atoms with Crippen molar-refractivity contribution in [1.82, 2.24) is 10.2 Å². The minimum Gasteiger partial charge on any atom is -0.352 e. The summed E-state index contributed by atoms with van der Waals surface area (Å²) in [5.41, 5.74) is 2.75. The van der Waals surface area contributed by atoms with Crippen molar-refractivity contribution in [3.05, 3.63) is 47.0 Å². The molecule has 0 aromatic heterocycles. The van der Waals surface area contributed by atoms with Crippen molar-refractivity contribution in [3.8, 4) is 0 Å². The lowest BCUT2D eigenvalue weighted by Gasteiger charge is -2.31. The lowest BCUT2D eigenvalue weighted by molar-refractivity contribution is 0.0682. The predicted octanol–water partition coefficient (Wildman–Crippen LogP) is 4.18. The topological polar surface area (TPSA) is 49.4 Å². The molecule has 1 aromatic carbocycles. The molecule has 2 aliphatic rings. The predicted molar refractivity (Wildman–Crippen MR) is 104 cm³/mol. The Labute approximate surface area is 156 Å². The fourth-order valence-corrected chi connectivity index (χ4v) is 3.89. The second kappa shape index (κ2) is 9.02. The third kappa shape index (κ3) is 4.96. The van der Waals surface area contributed by atoms with Crippen LogP contribution < -0.4 is 5.32 Å². The third-order valence-electron chi connectivity index (χ3n) is 5.45. The van der Waals surface area contributed by atoms with E-state index in [-0.39, 0.29) is 11.8 Å². The number of carbonyl (C=O) groups is 2. The Kier molecular flexibility index (Phi) is 6.48. The van der Waals surface area contributed by atoms with Crippen LogP contribution in [0.25, 0.3) is 0 Å². The smallest absolute Gasteiger partial charge is 0.253 e. The number of allylic oxidation sites excluding steroid dienone is 1. The van der Waals surface area contributed by atoms with E-state index in [0.29, 0.717) is 23.6 Å². The lowest BCUT2D eigenvalue weighted by Crippen LogP contribution is -2.39. The minimum atomic E-state index is -0.0630. The van der Waals surface area contributed by atoms with Crippen LogP contribution in [0.1, 0.15) is 72.6 Å². The second-order valence-electron chi connectivity index (χ2n) is 7.69. The van der Waals surface area contributed by atoms with Gasteiger partial charge in [-0.15, -0.1) is 0 Å². The van der Waals surface area contributed by atoms with Crippen molar-refractivity contribution in [2.45, 2.75) is 51.9 Å².